The second-order valence-corrected chi connectivity index (χ2v) is 5.44. The van der Waals surface area contributed by atoms with Crippen molar-refractivity contribution in [2.45, 2.75) is 25.8 Å². The monoisotopic (exact) mass is 244 g/mol. The van der Waals surface area contributed by atoms with Crippen LogP contribution >= 0.6 is 0 Å². The van der Waals surface area contributed by atoms with Crippen LogP contribution in [0.1, 0.15) is 28.8 Å². The van der Waals surface area contributed by atoms with Crippen LogP contribution in [0.5, 0.6) is 0 Å². The molecule has 2 aliphatic heterocycles. The van der Waals surface area contributed by atoms with Crippen molar-refractivity contribution in [2.75, 3.05) is 19.6 Å². The van der Waals surface area contributed by atoms with Crippen molar-refractivity contribution in [3.05, 3.63) is 35.4 Å². The predicted octanol–water partition coefficient (Wildman–Crippen LogP) is 1.82. The number of carbonyl (C=O) groups is 1. The van der Waals surface area contributed by atoms with Gasteiger partial charge in [0, 0.05) is 31.2 Å². The predicted molar refractivity (Wildman–Crippen MR) is 71.6 cm³/mol. The molecular weight excluding hydrogens is 224 g/mol. The summed E-state index contributed by atoms with van der Waals surface area (Å²) in [6.07, 6.45) is 2.40. The molecular formula is C15H20N2O. The summed E-state index contributed by atoms with van der Waals surface area (Å²) in [5, 5.41) is 3.42. The van der Waals surface area contributed by atoms with Crippen molar-refractivity contribution >= 4 is 5.91 Å². The Kier molecular flexibility index (Phi) is 3.08. The highest BCUT2D eigenvalue weighted by atomic mass is 16.2. The topological polar surface area (TPSA) is 32.3 Å². The fraction of sp³-hybridized carbons (Fsp3) is 0.533. The molecule has 1 N–H and O–H groups in total. The SMILES string of the molecule is Cc1ccccc1C(=O)N1CCCC2CNCC21. The molecule has 3 rings (SSSR count). The lowest BCUT2D eigenvalue weighted by molar-refractivity contribution is 0.0574. The quantitative estimate of drug-likeness (QED) is 0.817. The Labute approximate surface area is 108 Å². The largest absolute Gasteiger partial charge is 0.334 e. The molecule has 0 bridgehead atoms. The van der Waals surface area contributed by atoms with Gasteiger partial charge in [0.25, 0.3) is 5.91 Å². The van der Waals surface area contributed by atoms with E-state index < -0.39 is 0 Å². The number of hydrogen-bond donors (Lipinski definition) is 1. The lowest BCUT2D eigenvalue weighted by atomic mass is 9.91. The number of nitrogens with one attached hydrogen (secondary N) is 1. The van der Waals surface area contributed by atoms with Gasteiger partial charge in [0.2, 0.25) is 0 Å². The number of benzene rings is 1. The highest BCUT2D eigenvalue weighted by Gasteiger charge is 2.37. The van der Waals surface area contributed by atoms with Crippen LogP contribution in [0.25, 0.3) is 0 Å². The number of nitrogens with zero attached hydrogens (tertiary/aromatic N) is 1. The molecule has 18 heavy (non-hydrogen) atoms. The average molecular weight is 244 g/mol. The van der Waals surface area contributed by atoms with Gasteiger partial charge in [-0.15, -0.1) is 0 Å². The van der Waals surface area contributed by atoms with Crippen molar-refractivity contribution in [1.29, 1.82) is 0 Å². The van der Waals surface area contributed by atoms with Gasteiger partial charge in [-0.3, -0.25) is 4.79 Å². The number of hydrogen-bond acceptors (Lipinski definition) is 2. The Hall–Kier alpha value is -1.35. The molecule has 0 saturated carbocycles. The van der Waals surface area contributed by atoms with Crippen LogP contribution in [0.3, 0.4) is 0 Å². The molecule has 0 aliphatic carbocycles. The highest BCUT2D eigenvalue weighted by molar-refractivity contribution is 5.96. The van der Waals surface area contributed by atoms with Gasteiger partial charge in [0.15, 0.2) is 0 Å². The molecule has 2 saturated heterocycles. The Balaban J connectivity index is 1.86. The molecule has 1 amide bonds. The summed E-state index contributed by atoms with van der Waals surface area (Å²) in [5.74, 6) is 0.873. The molecule has 1 aromatic rings. The van der Waals surface area contributed by atoms with Gasteiger partial charge >= 0.3 is 0 Å². The standard InChI is InChI=1S/C15H20N2O/c1-11-5-2-3-7-13(11)15(18)17-8-4-6-12-9-16-10-14(12)17/h2-3,5,7,12,14,16H,4,6,8-10H2,1H3. The average Bonchev–Trinajstić information content (AvgIpc) is 2.86. The van der Waals surface area contributed by atoms with E-state index in [9.17, 15) is 4.79 Å². The van der Waals surface area contributed by atoms with Gasteiger partial charge in [-0.25, -0.2) is 0 Å². The third-order valence-electron chi connectivity index (χ3n) is 4.31. The summed E-state index contributed by atoms with van der Waals surface area (Å²) in [6, 6.07) is 8.31. The number of aryl methyl sites for hydroxylation is 1. The number of rotatable bonds is 1. The molecule has 0 spiro atoms. The summed E-state index contributed by atoms with van der Waals surface area (Å²) in [4.78, 5) is 14.8. The lowest BCUT2D eigenvalue weighted by Gasteiger charge is -2.37. The zero-order chi connectivity index (χ0) is 12.5. The normalized spacial score (nSPS) is 27.1. The van der Waals surface area contributed by atoms with Gasteiger partial charge in [-0.05, 0) is 37.3 Å². The van der Waals surface area contributed by atoms with Gasteiger partial charge < -0.3 is 10.2 Å². The van der Waals surface area contributed by atoms with Crippen LogP contribution in [0.2, 0.25) is 0 Å². The maximum atomic E-state index is 12.7. The van der Waals surface area contributed by atoms with Crippen molar-refractivity contribution in [2.24, 2.45) is 5.92 Å². The molecule has 0 aromatic heterocycles. The van der Waals surface area contributed by atoms with Crippen LogP contribution in [-0.2, 0) is 0 Å². The van der Waals surface area contributed by atoms with Crippen LogP contribution in [0.4, 0.5) is 0 Å². The Morgan fingerprint density at radius 1 is 1.33 bits per heavy atom. The molecule has 1 aromatic carbocycles. The minimum absolute atomic E-state index is 0.214. The zero-order valence-electron chi connectivity index (χ0n) is 10.9. The molecule has 3 nitrogen and oxygen atoms in total. The van der Waals surface area contributed by atoms with Crippen LogP contribution in [-0.4, -0.2) is 36.5 Å². The van der Waals surface area contributed by atoms with Crippen LogP contribution < -0.4 is 5.32 Å². The third-order valence-corrected chi connectivity index (χ3v) is 4.31. The third kappa shape index (κ3) is 1.93. The van der Waals surface area contributed by atoms with Crippen LogP contribution in [0, 0.1) is 12.8 Å². The van der Waals surface area contributed by atoms with Crippen molar-refractivity contribution in [3.63, 3.8) is 0 Å². The molecule has 3 heteroatoms. The van der Waals surface area contributed by atoms with E-state index in [-0.39, 0.29) is 5.91 Å². The van der Waals surface area contributed by atoms with Crippen molar-refractivity contribution in [3.8, 4) is 0 Å². The van der Waals surface area contributed by atoms with E-state index in [4.69, 9.17) is 0 Å². The molecule has 2 fully saturated rings. The van der Waals surface area contributed by atoms with E-state index >= 15 is 0 Å². The van der Waals surface area contributed by atoms with E-state index in [0.717, 1.165) is 37.2 Å². The van der Waals surface area contributed by atoms with E-state index in [1.165, 1.54) is 6.42 Å². The van der Waals surface area contributed by atoms with E-state index in [0.29, 0.717) is 12.0 Å². The van der Waals surface area contributed by atoms with E-state index in [1.54, 1.807) is 0 Å². The van der Waals surface area contributed by atoms with Crippen LogP contribution in [0.15, 0.2) is 24.3 Å². The van der Waals surface area contributed by atoms with E-state index in [1.807, 2.05) is 31.2 Å². The second kappa shape index (κ2) is 4.73. The fourth-order valence-electron chi connectivity index (χ4n) is 3.29. The highest BCUT2D eigenvalue weighted by Crippen LogP contribution is 2.28. The van der Waals surface area contributed by atoms with Crippen molar-refractivity contribution in [1.82, 2.24) is 10.2 Å². The first-order chi connectivity index (χ1) is 8.77. The van der Waals surface area contributed by atoms with E-state index in [2.05, 4.69) is 10.2 Å². The van der Waals surface area contributed by atoms with Gasteiger partial charge in [-0.1, -0.05) is 18.2 Å². The minimum Gasteiger partial charge on any atom is -0.334 e. The second-order valence-electron chi connectivity index (χ2n) is 5.44. The van der Waals surface area contributed by atoms with Gasteiger partial charge in [0.05, 0.1) is 0 Å². The summed E-state index contributed by atoms with van der Waals surface area (Å²) < 4.78 is 0. The fourth-order valence-corrected chi connectivity index (χ4v) is 3.29. The first kappa shape index (κ1) is 11.7. The molecule has 0 radical (unpaired) electrons. The van der Waals surface area contributed by atoms with Crippen molar-refractivity contribution < 1.29 is 4.79 Å². The molecule has 2 unspecified atom stereocenters. The lowest BCUT2D eigenvalue weighted by Crippen LogP contribution is -2.48. The molecule has 2 heterocycles. The van der Waals surface area contributed by atoms with Gasteiger partial charge in [-0.2, -0.15) is 0 Å². The van der Waals surface area contributed by atoms with Gasteiger partial charge in [0.1, 0.15) is 0 Å². The number of carbonyl (C=O) groups excluding carboxylic acids is 1. The number of piperidine rings is 1. The molecule has 96 valence electrons. The Morgan fingerprint density at radius 2 is 2.17 bits per heavy atom. The smallest absolute Gasteiger partial charge is 0.254 e. The number of fused-ring (bicyclic) bond motifs is 1. The summed E-state index contributed by atoms with van der Waals surface area (Å²) in [5.41, 5.74) is 1.95. The molecule has 2 atom stereocenters. The first-order valence-corrected chi connectivity index (χ1v) is 6.84. The Bertz CT molecular complexity index is 458. The summed E-state index contributed by atoms with van der Waals surface area (Å²) >= 11 is 0. The number of likely N-dealkylation sites (tertiary alicyclic amines) is 1. The zero-order valence-corrected chi connectivity index (χ0v) is 10.9. The maximum Gasteiger partial charge on any atom is 0.254 e. The summed E-state index contributed by atoms with van der Waals surface area (Å²) in [6.45, 7) is 4.96. The summed E-state index contributed by atoms with van der Waals surface area (Å²) in [7, 11) is 0. The minimum atomic E-state index is 0.214. The number of amides is 1. The maximum absolute atomic E-state index is 12.7. The molecule has 2 aliphatic rings. The first-order valence-electron chi connectivity index (χ1n) is 6.84. The Morgan fingerprint density at radius 3 is 3.00 bits per heavy atom.